The molecule has 1 aromatic rings. The molecule has 78 valence electrons. The van der Waals surface area contributed by atoms with E-state index in [-0.39, 0.29) is 16.9 Å². The molecule has 0 aliphatic carbocycles. The second-order valence-electron chi connectivity index (χ2n) is 4.56. The lowest BCUT2D eigenvalue weighted by Gasteiger charge is -2.24. The van der Waals surface area contributed by atoms with E-state index in [2.05, 4.69) is 0 Å². The third kappa shape index (κ3) is 1.84. The third-order valence-electron chi connectivity index (χ3n) is 2.37. The van der Waals surface area contributed by atoms with Gasteiger partial charge in [-0.05, 0) is 24.0 Å². The number of hydrogen-bond donors (Lipinski definition) is 2. The summed E-state index contributed by atoms with van der Waals surface area (Å²) in [7, 11) is 0. The standard InChI is InChI=1S/C12H18O2/c1-5-8-9(13)6-7-10(14)11(8)12(2,3)4/h6-7,13-14H,5H2,1-4H3. The lowest BCUT2D eigenvalue weighted by Crippen LogP contribution is -2.14. The molecule has 0 aliphatic rings. The summed E-state index contributed by atoms with van der Waals surface area (Å²) in [6.07, 6.45) is 0.729. The summed E-state index contributed by atoms with van der Waals surface area (Å²) in [6, 6.07) is 3.10. The molecule has 0 atom stereocenters. The zero-order chi connectivity index (χ0) is 10.9. The first kappa shape index (κ1) is 10.9. The highest BCUT2D eigenvalue weighted by Gasteiger charge is 2.23. The first-order valence-electron chi connectivity index (χ1n) is 4.92. The van der Waals surface area contributed by atoms with Crippen LogP contribution in [0.4, 0.5) is 0 Å². The monoisotopic (exact) mass is 194 g/mol. The molecule has 2 heteroatoms. The third-order valence-corrected chi connectivity index (χ3v) is 2.37. The van der Waals surface area contributed by atoms with Crippen molar-refractivity contribution >= 4 is 0 Å². The molecular weight excluding hydrogens is 176 g/mol. The molecule has 14 heavy (non-hydrogen) atoms. The van der Waals surface area contributed by atoms with Gasteiger partial charge in [-0.1, -0.05) is 27.7 Å². The van der Waals surface area contributed by atoms with Gasteiger partial charge in [0, 0.05) is 11.1 Å². The minimum absolute atomic E-state index is 0.145. The highest BCUT2D eigenvalue weighted by atomic mass is 16.3. The molecule has 0 heterocycles. The van der Waals surface area contributed by atoms with Crippen molar-refractivity contribution in [3.63, 3.8) is 0 Å². The molecule has 0 saturated carbocycles. The Morgan fingerprint density at radius 1 is 1.07 bits per heavy atom. The van der Waals surface area contributed by atoms with Crippen molar-refractivity contribution in [2.24, 2.45) is 0 Å². The number of aromatic hydroxyl groups is 2. The molecule has 0 aromatic heterocycles. The lowest BCUT2D eigenvalue weighted by molar-refractivity contribution is 0.429. The normalized spacial score (nSPS) is 11.7. The van der Waals surface area contributed by atoms with E-state index < -0.39 is 0 Å². The van der Waals surface area contributed by atoms with Crippen LogP contribution in [0.3, 0.4) is 0 Å². The van der Waals surface area contributed by atoms with E-state index in [1.54, 1.807) is 12.1 Å². The molecule has 0 radical (unpaired) electrons. The Morgan fingerprint density at radius 3 is 1.93 bits per heavy atom. The Labute approximate surface area is 85.2 Å². The summed E-state index contributed by atoms with van der Waals surface area (Å²) in [5.41, 5.74) is 1.55. The maximum atomic E-state index is 9.77. The average Bonchev–Trinajstić information content (AvgIpc) is 2.06. The molecule has 0 aliphatic heterocycles. The summed E-state index contributed by atoms with van der Waals surface area (Å²) in [5, 5.41) is 19.4. The van der Waals surface area contributed by atoms with Gasteiger partial charge in [0.05, 0.1) is 0 Å². The van der Waals surface area contributed by atoms with Gasteiger partial charge in [0.1, 0.15) is 11.5 Å². The molecule has 0 bridgehead atoms. The maximum absolute atomic E-state index is 9.77. The van der Waals surface area contributed by atoms with E-state index in [9.17, 15) is 10.2 Å². The molecule has 0 unspecified atom stereocenters. The van der Waals surface area contributed by atoms with Crippen molar-refractivity contribution in [1.29, 1.82) is 0 Å². The SMILES string of the molecule is CCc1c(O)ccc(O)c1C(C)(C)C. The van der Waals surface area contributed by atoms with Crippen LogP contribution < -0.4 is 0 Å². The molecule has 1 aromatic carbocycles. The van der Waals surface area contributed by atoms with Crippen LogP contribution in [0.5, 0.6) is 11.5 Å². The number of benzene rings is 1. The molecule has 0 amide bonds. The molecule has 2 nitrogen and oxygen atoms in total. The Hall–Kier alpha value is -1.18. The van der Waals surface area contributed by atoms with Gasteiger partial charge in [0.2, 0.25) is 0 Å². The molecule has 0 spiro atoms. The quantitative estimate of drug-likeness (QED) is 0.675. The molecular formula is C12H18O2. The highest BCUT2D eigenvalue weighted by molar-refractivity contribution is 5.50. The van der Waals surface area contributed by atoms with Gasteiger partial charge < -0.3 is 10.2 Å². The molecule has 2 N–H and O–H groups in total. The van der Waals surface area contributed by atoms with Crippen LogP contribution in [0.2, 0.25) is 0 Å². The fourth-order valence-corrected chi connectivity index (χ4v) is 1.82. The van der Waals surface area contributed by atoms with E-state index in [4.69, 9.17) is 0 Å². The van der Waals surface area contributed by atoms with Crippen molar-refractivity contribution in [3.8, 4) is 11.5 Å². The van der Waals surface area contributed by atoms with Crippen molar-refractivity contribution in [1.82, 2.24) is 0 Å². The minimum Gasteiger partial charge on any atom is -0.508 e. The van der Waals surface area contributed by atoms with Crippen LogP contribution in [0.1, 0.15) is 38.8 Å². The van der Waals surface area contributed by atoms with Gasteiger partial charge >= 0.3 is 0 Å². The first-order chi connectivity index (χ1) is 6.38. The summed E-state index contributed by atoms with van der Waals surface area (Å²) in [5.74, 6) is 0.544. The van der Waals surface area contributed by atoms with Crippen molar-refractivity contribution < 1.29 is 10.2 Å². The Kier molecular flexibility index (Phi) is 2.74. The van der Waals surface area contributed by atoms with E-state index in [1.165, 1.54) is 0 Å². The van der Waals surface area contributed by atoms with E-state index >= 15 is 0 Å². The van der Waals surface area contributed by atoms with Gasteiger partial charge in [-0.2, -0.15) is 0 Å². The van der Waals surface area contributed by atoms with Gasteiger partial charge in [-0.15, -0.1) is 0 Å². The Morgan fingerprint density at radius 2 is 1.57 bits per heavy atom. The Bertz CT molecular complexity index is 335. The predicted octanol–water partition coefficient (Wildman–Crippen LogP) is 2.96. The fourth-order valence-electron chi connectivity index (χ4n) is 1.82. The molecule has 1 rings (SSSR count). The van der Waals surface area contributed by atoms with Gasteiger partial charge in [-0.3, -0.25) is 0 Å². The minimum atomic E-state index is -0.145. The number of hydrogen-bond acceptors (Lipinski definition) is 2. The summed E-state index contributed by atoms with van der Waals surface area (Å²) in [4.78, 5) is 0. The zero-order valence-corrected chi connectivity index (χ0v) is 9.26. The van der Waals surface area contributed by atoms with Crippen molar-refractivity contribution in [2.45, 2.75) is 39.5 Å². The smallest absolute Gasteiger partial charge is 0.119 e. The maximum Gasteiger partial charge on any atom is 0.119 e. The number of phenolic OH excluding ortho intramolecular Hbond substituents is 2. The average molecular weight is 194 g/mol. The summed E-state index contributed by atoms with van der Waals surface area (Å²) >= 11 is 0. The van der Waals surface area contributed by atoms with Gasteiger partial charge in [-0.25, -0.2) is 0 Å². The van der Waals surface area contributed by atoms with Crippen molar-refractivity contribution in [2.75, 3.05) is 0 Å². The fraction of sp³-hybridized carbons (Fsp3) is 0.500. The van der Waals surface area contributed by atoms with Gasteiger partial charge in [0.25, 0.3) is 0 Å². The van der Waals surface area contributed by atoms with Crippen LogP contribution >= 0.6 is 0 Å². The predicted molar refractivity (Wildman–Crippen MR) is 57.8 cm³/mol. The second-order valence-corrected chi connectivity index (χ2v) is 4.56. The summed E-state index contributed by atoms with van der Waals surface area (Å²) in [6.45, 7) is 8.06. The lowest BCUT2D eigenvalue weighted by atomic mass is 9.82. The largest absolute Gasteiger partial charge is 0.508 e. The van der Waals surface area contributed by atoms with Crippen LogP contribution in [-0.2, 0) is 11.8 Å². The number of phenols is 2. The van der Waals surface area contributed by atoms with Gasteiger partial charge in [0.15, 0.2) is 0 Å². The van der Waals surface area contributed by atoms with Crippen LogP contribution in [0, 0.1) is 0 Å². The van der Waals surface area contributed by atoms with E-state index in [0.29, 0.717) is 0 Å². The first-order valence-corrected chi connectivity index (χ1v) is 4.92. The highest BCUT2D eigenvalue weighted by Crippen LogP contribution is 2.37. The number of rotatable bonds is 1. The van der Waals surface area contributed by atoms with E-state index in [0.717, 1.165) is 17.5 Å². The Balaban J connectivity index is 3.46. The van der Waals surface area contributed by atoms with Crippen LogP contribution in [0.15, 0.2) is 12.1 Å². The zero-order valence-electron chi connectivity index (χ0n) is 9.26. The van der Waals surface area contributed by atoms with Crippen LogP contribution in [0.25, 0.3) is 0 Å². The molecule has 0 fully saturated rings. The molecule has 0 saturated heterocycles. The van der Waals surface area contributed by atoms with Crippen molar-refractivity contribution in [3.05, 3.63) is 23.3 Å². The second kappa shape index (κ2) is 3.52. The topological polar surface area (TPSA) is 40.5 Å². The van der Waals surface area contributed by atoms with E-state index in [1.807, 2.05) is 27.7 Å². The summed E-state index contributed by atoms with van der Waals surface area (Å²) < 4.78 is 0. The van der Waals surface area contributed by atoms with Crippen LogP contribution in [-0.4, -0.2) is 10.2 Å².